The molecule has 0 fully saturated rings. The Hall–Kier alpha value is -3.19. The molecule has 0 radical (unpaired) electrons. The molecule has 0 saturated carbocycles. The van der Waals surface area contributed by atoms with Crippen LogP contribution in [0.15, 0.2) is 71.2 Å². The highest BCUT2D eigenvalue weighted by atomic mass is 79.9. The quantitative estimate of drug-likeness (QED) is 0.375. The number of nitro groups is 1. The van der Waals surface area contributed by atoms with Crippen molar-refractivity contribution in [2.24, 2.45) is 0 Å². The number of carbonyl (C=O) groups is 1. The molecule has 0 heterocycles. The molecule has 0 spiro atoms. The fraction of sp³-hybridized carbons (Fsp3) is 0.136. The molecule has 3 aromatic carbocycles. The van der Waals surface area contributed by atoms with Crippen LogP contribution in [0.2, 0.25) is 0 Å². The number of anilines is 1. The van der Waals surface area contributed by atoms with Crippen molar-refractivity contribution in [1.29, 1.82) is 0 Å². The van der Waals surface area contributed by atoms with E-state index in [0.29, 0.717) is 28.1 Å². The number of amides is 1. The van der Waals surface area contributed by atoms with Crippen LogP contribution in [-0.2, 0) is 6.42 Å². The molecule has 1 N–H and O–H groups in total. The van der Waals surface area contributed by atoms with Crippen LogP contribution in [0.4, 0.5) is 11.4 Å². The zero-order chi connectivity index (χ0) is 20.8. The lowest BCUT2D eigenvalue weighted by Crippen LogP contribution is -2.13. The van der Waals surface area contributed by atoms with Crippen LogP contribution in [0.1, 0.15) is 21.5 Å². The Balaban J connectivity index is 1.65. The van der Waals surface area contributed by atoms with Crippen LogP contribution >= 0.6 is 15.9 Å². The van der Waals surface area contributed by atoms with Crippen molar-refractivity contribution in [3.63, 3.8) is 0 Å². The molecule has 6 nitrogen and oxygen atoms in total. The highest BCUT2D eigenvalue weighted by Gasteiger charge is 2.14. The summed E-state index contributed by atoms with van der Waals surface area (Å²) in [7, 11) is 0. The molecule has 1 amide bonds. The number of nitrogens with zero attached hydrogens (tertiary/aromatic N) is 1. The largest absolute Gasteiger partial charge is 0.492 e. The average Bonchev–Trinajstić information content (AvgIpc) is 2.71. The van der Waals surface area contributed by atoms with Gasteiger partial charge in [-0.3, -0.25) is 14.9 Å². The Morgan fingerprint density at radius 2 is 1.86 bits per heavy atom. The predicted octanol–water partition coefficient (Wildman–Crippen LogP) is 5.54. The van der Waals surface area contributed by atoms with Crippen molar-refractivity contribution >= 4 is 33.2 Å². The lowest BCUT2D eigenvalue weighted by Gasteiger charge is -2.11. The van der Waals surface area contributed by atoms with Gasteiger partial charge in [0.25, 0.3) is 11.6 Å². The summed E-state index contributed by atoms with van der Waals surface area (Å²) in [5, 5.41) is 13.7. The summed E-state index contributed by atoms with van der Waals surface area (Å²) in [6.07, 6.45) is 0.779. The molecular formula is C22H19BrN2O4. The minimum absolute atomic E-state index is 0.0748. The molecule has 0 saturated heterocycles. The van der Waals surface area contributed by atoms with Crippen molar-refractivity contribution in [1.82, 2.24) is 0 Å². The maximum Gasteiger partial charge on any atom is 0.271 e. The van der Waals surface area contributed by atoms with Crippen LogP contribution in [0.5, 0.6) is 5.75 Å². The summed E-state index contributed by atoms with van der Waals surface area (Å²) in [5.41, 5.74) is 2.67. The minimum atomic E-state index is -0.493. The fourth-order valence-corrected chi connectivity index (χ4v) is 3.23. The number of rotatable bonds is 7. The molecule has 0 bridgehead atoms. The van der Waals surface area contributed by atoms with Crippen LogP contribution in [0.25, 0.3) is 0 Å². The summed E-state index contributed by atoms with van der Waals surface area (Å²) in [6.45, 7) is 2.29. The Morgan fingerprint density at radius 3 is 2.55 bits per heavy atom. The average molecular weight is 455 g/mol. The second-order valence-corrected chi connectivity index (χ2v) is 7.29. The van der Waals surface area contributed by atoms with E-state index in [1.807, 2.05) is 30.3 Å². The molecule has 0 aliphatic heterocycles. The highest BCUT2D eigenvalue weighted by molar-refractivity contribution is 9.10. The Kier molecular flexibility index (Phi) is 6.61. The maximum absolute atomic E-state index is 12.6. The first-order valence-corrected chi connectivity index (χ1v) is 9.76. The molecule has 0 atom stereocenters. The molecule has 0 aromatic heterocycles. The van der Waals surface area contributed by atoms with E-state index in [0.717, 1.165) is 12.0 Å². The normalized spacial score (nSPS) is 10.4. The third-order valence-electron chi connectivity index (χ3n) is 4.37. The van der Waals surface area contributed by atoms with Gasteiger partial charge < -0.3 is 10.1 Å². The number of hydrogen-bond donors (Lipinski definition) is 1. The number of nitro benzene ring substituents is 1. The molecule has 0 aliphatic carbocycles. The van der Waals surface area contributed by atoms with Gasteiger partial charge in [-0.2, -0.15) is 0 Å². The van der Waals surface area contributed by atoms with Gasteiger partial charge in [-0.25, -0.2) is 0 Å². The van der Waals surface area contributed by atoms with E-state index in [2.05, 4.69) is 21.2 Å². The van der Waals surface area contributed by atoms with Crippen LogP contribution < -0.4 is 10.1 Å². The van der Waals surface area contributed by atoms with E-state index in [4.69, 9.17) is 4.74 Å². The monoisotopic (exact) mass is 454 g/mol. The summed E-state index contributed by atoms with van der Waals surface area (Å²) >= 11 is 3.44. The molecule has 3 aromatic rings. The van der Waals surface area contributed by atoms with E-state index in [1.165, 1.54) is 17.7 Å². The topological polar surface area (TPSA) is 81.5 Å². The summed E-state index contributed by atoms with van der Waals surface area (Å²) in [4.78, 5) is 23.0. The maximum atomic E-state index is 12.6. The molecule has 29 heavy (non-hydrogen) atoms. The van der Waals surface area contributed by atoms with Crippen molar-refractivity contribution in [2.45, 2.75) is 13.3 Å². The molecule has 0 aliphatic rings. The van der Waals surface area contributed by atoms with Gasteiger partial charge in [0.05, 0.1) is 21.7 Å². The molecular weight excluding hydrogens is 436 g/mol. The minimum Gasteiger partial charge on any atom is -0.492 e. The van der Waals surface area contributed by atoms with Gasteiger partial charge in [-0.05, 0) is 52.2 Å². The third kappa shape index (κ3) is 5.42. The van der Waals surface area contributed by atoms with Crippen LogP contribution in [-0.4, -0.2) is 17.4 Å². The molecule has 148 valence electrons. The summed E-state index contributed by atoms with van der Waals surface area (Å²) in [6, 6.07) is 19.4. The summed E-state index contributed by atoms with van der Waals surface area (Å²) < 4.78 is 6.46. The Labute approximate surface area is 176 Å². The number of hydrogen-bond acceptors (Lipinski definition) is 4. The van der Waals surface area contributed by atoms with Crippen molar-refractivity contribution in [2.75, 3.05) is 11.9 Å². The number of ether oxygens (including phenoxy) is 1. The predicted molar refractivity (Wildman–Crippen MR) is 116 cm³/mol. The third-order valence-corrected chi connectivity index (χ3v) is 4.99. The van der Waals surface area contributed by atoms with Gasteiger partial charge >= 0.3 is 0 Å². The van der Waals surface area contributed by atoms with Crippen LogP contribution in [0.3, 0.4) is 0 Å². The lowest BCUT2D eigenvalue weighted by atomic mass is 10.1. The van der Waals surface area contributed by atoms with Gasteiger partial charge in [0.2, 0.25) is 0 Å². The zero-order valence-corrected chi connectivity index (χ0v) is 17.3. The van der Waals surface area contributed by atoms with E-state index in [1.54, 1.807) is 31.2 Å². The lowest BCUT2D eigenvalue weighted by molar-refractivity contribution is -0.384. The second kappa shape index (κ2) is 9.34. The number of benzene rings is 3. The van der Waals surface area contributed by atoms with Gasteiger partial charge in [0.15, 0.2) is 0 Å². The Morgan fingerprint density at radius 1 is 1.10 bits per heavy atom. The first kappa shape index (κ1) is 20.5. The first-order chi connectivity index (χ1) is 13.9. The number of carbonyl (C=O) groups excluding carboxylic acids is 1. The standard InChI is InChI=1S/C22H19BrN2O4/c1-15-7-9-18(25(27)28)14-20(15)24-22(26)17-8-10-21(19(23)13-17)29-12-11-16-5-3-2-4-6-16/h2-10,13-14H,11-12H2,1H3,(H,24,26). The first-order valence-electron chi connectivity index (χ1n) is 8.96. The van der Waals surface area contributed by atoms with Gasteiger partial charge in [0, 0.05) is 24.1 Å². The van der Waals surface area contributed by atoms with E-state index < -0.39 is 4.92 Å². The highest BCUT2D eigenvalue weighted by Crippen LogP contribution is 2.27. The molecule has 7 heteroatoms. The number of halogens is 1. The van der Waals surface area contributed by atoms with Crippen molar-refractivity contribution in [3.05, 3.63) is 98.0 Å². The second-order valence-electron chi connectivity index (χ2n) is 6.44. The SMILES string of the molecule is Cc1ccc([N+](=O)[O-])cc1NC(=O)c1ccc(OCCc2ccccc2)c(Br)c1. The van der Waals surface area contributed by atoms with E-state index in [-0.39, 0.29) is 11.6 Å². The van der Waals surface area contributed by atoms with Gasteiger partial charge in [0.1, 0.15) is 5.75 Å². The summed E-state index contributed by atoms with van der Waals surface area (Å²) in [5.74, 6) is 0.286. The van der Waals surface area contributed by atoms with Crippen molar-refractivity contribution in [3.8, 4) is 5.75 Å². The van der Waals surface area contributed by atoms with Gasteiger partial charge in [-0.1, -0.05) is 36.4 Å². The number of aryl methyl sites for hydroxylation is 1. The zero-order valence-electron chi connectivity index (χ0n) is 15.7. The van der Waals surface area contributed by atoms with Gasteiger partial charge in [-0.15, -0.1) is 0 Å². The van der Waals surface area contributed by atoms with Crippen molar-refractivity contribution < 1.29 is 14.5 Å². The van der Waals surface area contributed by atoms with Crippen LogP contribution in [0, 0.1) is 17.0 Å². The molecule has 3 rings (SSSR count). The number of nitrogens with one attached hydrogen (secondary N) is 1. The van der Waals surface area contributed by atoms with E-state index in [9.17, 15) is 14.9 Å². The van der Waals surface area contributed by atoms with E-state index >= 15 is 0 Å². The Bertz CT molecular complexity index is 1040. The smallest absolute Gasteiger partial charge is 0.271 e. The number of non-ortho nitro benzene ring substituents is 1. The molecule has 0 unspecified atom stereocenters. The fourth-order valence-electron chi connectivity index (χ4n) is 2.74.